The molecule has 132 valence electrons. The number of amides is 1. The predicted molar refractivity (Wildman–Crippen MR) is 91.7 cm³/mol. The Kier molecular flexibility index (Phi) is 5.14. The predicted octanol–water partition coefficient (Wildman–Crippen LogP) is 1.31. The van der Waals surface area contributed by atoms with E-state index in [-0.39, 0.29) is 22.8 Å². The Bertz CT molecular complexity index is 810. The van der Waals surface area contributed by atoms with Gasteiger partial charge < -0.3 is 14.1 Å². The van der Waals surface area contributed by atoms with Crippen LogP contribution in [-0.2, 0) is 6.54 Å². The maximum absolute atomic E-state index is 12.5. The Morgan fingerprint density at radius 3 is 2.72 bits per heavy atom. The van der Waals surface area contributed by atoms with Gasteiger partial charge in [-0.15, -0.1) is 0 Å². The summed E-state index contributed by atoms with van der Waals surface area (Å²) in [6, 6.07) is 5.16. The fraction of sp³-hybridized carbons (Fsp3) is 0.389. The minimum Gasteiger partial charge on any atom is -0.490 e. The number of piperazine rings is 1. The molecule has 1 aliphatic rings. The zero-order chi connectivity index (χ0) is 17.8. The van der Waals surface area contributed by atoms with Gasteiger partial charge in [0.15, 0.2) is 5.76 Å². The first kappa shape index (κ1) is 17.2. The van der Waals surface area contributed by atoms with Crippen LogP contribution >= 0.6 is 0 Å². The molecule has 0 N–H and O–H groups in total. The fourth-order valence-corrected chi connectivity index (χ4v) is 2.82. The number of hydrogen-bond donors (Lipinski definition) is 0. The average molecular weight is 343 g/mol. The molecular formula is C18H21N3O4. The van der Waals surface area contributed by atoms with Gasteiger partial charge in [0.2, 0.25) is 11.2 Å². The summed E-state index contributed by atoms with van der Waals surface area (Å²) in [5, 5.41) is 0. The zero-order valence-electron chi connectivity index (χ0n) is 14.4. The third kappa shape index (κ3) is 3.88. The van der Waals surface area contributed by atoms with E-state index in [1.807, 2.05) is 19.1 Å². The molecule has 0 unspecified atom stereocenters. The molecule has 0 radical (unpaired) electrons. The van der Waals surface area contributed by atoms with Gasteiger partial charge in [-0.3, -0.25) is 19.5 Å². The number of aryl methyl sites for hydroxylation is 1. The van der Waals surface area contributed by atoms with E-state index in [9.17, 15) is 9.59 Å². The molecule has 0 saturated carbocycles. The highest BCUT2D eigenvalue weighted by Crippen LogP contribution is 2.13. The second kappa shape index (κ2) is 7.48. The summed E-state index contributed by atoms with van der Waals surface area (Å²) < 4.78 is 10.1. The summed E-state index contributed by atoms with van der Waals surface area (Å²) in [6.45, 7) is 5.49. The molecule has 25 heavy (non-hydrogen) atoms. The van der Waals surface area contributed by atoms with Gasteiger partial charge in [0.25, 0.3) is 5.91 Å². The lowest BCUT2D eigenvalue weighted by molar-refractivity contribution is 0.0593. The monoisotopic (exact) mass is 343 g/mol. The minimum absolute atomic E-state index is 0.0415. The van der Waals surface area contributed by atoms with Gasteiger partial charge in [-0.05, 0) is 18.6 Å². The van der Waals surface area contributed by atoms with Crippen molar-refractivity contribution in [3.05, 3.63) is 57.9 Å². The highest BCUT2D eigenvalue weighted by atomic mass is 16.5. The maximum Gasteiger partial charge on any atom is 0.289 e. The van der Waals surface area contributed by atoms with Gasteiger partial charge in [0.05, 0.1) is 12.8 Å². The molecule has 3 rings (SSSR count). The van der Waals surface area contributed by atoms with Crippen molar-refractivity contribution in [3.63, 3.8) is 0 Å². The molecule has 7 heteroatoms. The van der Waals surface area contributed by atoms with E-state index < -0.39 is 0 Å². The van der Waals surface area contributed by atoms with E-state index in [4.69, 9.17) is 9.15 Å². The van der Waals surface area contributed by atoms with Gasteiger partial charge in [-0.1, -0.05) is 6.07 Å². The van der Waals surface area contributed by atoms with Gasteiger partial charge in [-0.25, -0.2) is 0 Å². The van der Waals surface area contributed by atoms with Crippen LogP contribution in [-0.4, -0.2) is 54.0 Å². The summed E-state index contributed by atoms with van der Waals surface area (Å²) in [6.07, 6.45) is 2.98. The summed E-state index contributed by atoms with van der Waals surface area (Å²) in [5.41, 5.74) is 1.87. The molecule has 0 bridgehead atoms. The molecule has 0 spiro atoms. The Morgan fingerprint density at radius 2 is 2.08 bits per heavy atom. The molecule has 0 aliphatic carbocycles. The summed E-state index contributed by atoms with van der Waals surface area (Å²) >= 11 is 0. The van der Waals surface area contributed by atoms with E-state index >= 15 is 0 Å². The number of methoxy groups -OCH3 is 1. The van der Waals surface area contributed by atoms with Crippen LogP contribution in [0.5, 0.6) is 5.75 Å². The zero-order valence-corrected chi connectivity index (χ0v) is 14.4. The average Bonchev–Trinajstić information content (AvgIpc) is 2.63. The van der Waals surface area contributed by atoms with Crippen molar-refractivity contribution in [2.24, 2.45) is 0 Å². The molecule has 1 saturated heterocycles. The Labute approximate surface area is 145 Å². The van der Waals surface area contributed by atoms with Gasteiger partial charge in [-0.2, -0.15) is 0 Å². The number of rotatable bonds is 4. The van der Waals surface area contributed by atoms with Crippen molar-refractivity contribution >= 4 is 5.91 Å². The van der Waals surface area contributed by atoms with Crippen LogP contribution in [0.25, 0.3) is 0 Å². The van der Waals surface area contributed by atoms with Gasteiger partial charge in [0, 0.05) is 45.0 Å². The number of carbonyl (C=O) groups excluding carboxylic acids is 1. The minimum atomic E-state index is -0.360. The maximum atomic E-state index is 12.5. The fourth-order valence-electron chi connectivity index (χ4n) is 2.82. The Morgan fingerprint density at radius 1 is 1.32 bits per heavy atom. The number of hydrogen-bond acceptors (Lipinski definition) is 6. The molecule has 2 aromatic rings. The second-order valence-electron chi connectivity index (χ2n) is 6.01. The lowest BCUT2D eigenvalue weighted by Gasteiger charge is -2.34. The van der Waals surface area contributed by atoms with Gasteiger partial charge in [0.1, 0.15) is 6.26 Å². The van der Waals surface area contributed by atoms with Crippen LogP contribution in [0.3, 0.4) is 0 Å². The Balaban J connectivity index is 1.60. The lowest BCUT2D eigenvalue weighted by Crippen LogP contribution is -2.48. The highest BCUT2D eigenvalue weighted by molar-refractivity contribution is 5.91. The first-order valence-corrected chi connectivity index (χ1v) is 8.17. The second-order valence-corrected chi connectivity index (χ2v) is 6.01. The Hall–Kier alpha value is -2.67. The largest absolute Gasteiger partial charge is 0.490 e. The topological polar surface area (TPSA) is 75.9 Å². The molecule has 1 fully saturated rings. The van der Waals surface area contributed by atoms with Crippen molar-refractivity contribution < 1.29 is 13.9 Å². The van der Waals surface area contributed by atoms with Crippen LogP contribution in [0, 0.1) is 6.92 Å². The number of pyridine rings is 1. The SMILES string of the molecule is COc1coc(C(=O)N2CCN(Cc3ncccc3C)CC2)cc1=O. The van der Waals surface area contributed by atoms with Crippen LogP contribution in [0.4, 0.5) is 0 Å². The molecular weight excluding hydrogens is 322 g/mol. The highest BCUT2D eigenvalue weighted by Gasteiger charge is 2.24. The van der Waals surface area contributed by atoms with Crippen molar-refractivity contribution in [3.8, 4) is 5.75 Å². The van der Waals surface area contributed by atoms with Crippen LogP contribution in [0.15, 0.2) is 39.9 Å². The van der Waals surface area contributed by atoms with E-state index in [0.717, 1.165) is 25.3 Å². The lowest BCUT2D eigenvalue weighted by atomic mass is 10.2. The van der Waals surface area contributed by atoms with Crippen molar-refractivity contribution in [2.45, 2.75) is 13.5 Å². The van der Waals surface area contributed by atoms with E-state index in [2.05, 4.69) is 9.88 Å². The number of nitrogens with zero attached hydrogens (tertiary/aromatic N) is 3. The first-order valence-electron chi connectivity index (χ1n) is 8.17. The number of aromatic nitrogens is 1. The molecule has 1 aliphatic heterocycles. The summed E-state index contributed by atoms with van der Waals surface area (Å²) in [5.74, 6) is -0.139. The van der Waals surface area contributed by atoms with Crippen molar-refractivity contribution in [1.82, 2.24) is 14.8 Å². The normalized spacial score (nSPS) is 15.2. The molecule has 0 atom stereocenters. The smallest absolute Gasteiger partial charge is 0.289 e. The number of carbonyl (C=O) groups is 1. The van der Waals surface area contributed by atoms with E-state index in [1.54, 1.807) is 11.1 Å². The van der Waals surface area contributed by atoms with Crippen molar-refractivity contribution in [1.29, 1.82) is 0 Å². The van der Waals surface area contributed by atoms with E-state index in [1.165, 1.54) is 25.0 Å². The number of ether oxygens (including phenoxy) is 1. The quantitative estimate of drug-likeness (QED) is 0.833. The summed E-state index contributed by atoms with van der Waals surface area (Å²) in [4.78, 5) is 32.7. The van der Waals surface area contributed by atoms with Gasteiger partial charge >= 0.3 is 0 Å². The molecule has 0 aromatic carbocycles. The van der Waals surface area contributed by atoms with Crippen molar-refractivity contribution in [2.75, 3.05) is 33.3 Å². The van der Waals surface area contributed by atoms with E-state index in [0.29, 0.717) is 13.1 Å². The first-order chi connectivity index (χ1) is 12.1. The third-order valence-corrected chi connectivity index (χ3v) is 4.38. The van der Waals surface area contributed by atoms with Crippen LogP contribution < -0.4 is 10.2 Å². The standard InChI is InChI=1S/C18H21N3O4/c1-13-4-3-5-19-14(13)11-20-6-8-21(9-7-20)18(23)16-10-15(22)17(24-2)12-25-16/h3-5,10,12H,6-9,11H2,1-2H3. The molecule has 7 nitrogen and oxygen atoms in total. The molecule has 2 aromatic heterocycles. The van der Waals surface area contributed by atoms with Crippen LogP contribution in [0.1, 0.15) is 21.8 Å². The third-order valence-electron chi connectivity index (χ3n) is 4.38. The molecule has 3 heterocycles. The molecule has 1 amide bonds. The summed E-state index contributed by atoms with van der Waals surface area (Å²) in [7, 11) is 1.39. The van der Waals surface area contributed by atoms with Crippen LogP contribution in [0.2, 0.25) is 0 Å².